The van der Waals surface area contributed by atoms with E-state index < -0.39 is 15.9 Å². The number of hydrogen-bond donors (Lipinski definition) is 1. The van der Waals surface area contributed by atoms with Gasteiger partial charge in [-0.15, -0.1) is 0 Å². The highest BCUT2D eigenvalue weighted by Gasteiger charge is 2.35. The zero-order valence-corrected chi connectivity index (χ0v) is 20.0. The molecule has 1 heterocycles. The molecule has 1 N–H and O–H groups in total. The molecule has 1 aliphatic heterocycles. The summed E-state index contributed by atoms with van der Waals surface area (Å²) in [6.45, 7) is 2.50. The average Bonchev–Trinajstić information content (AvgIpc) is 3.22. The lowest BCUT2D eigenvalue weighted by atomic mass is 10.1. The van der Waals surface area contributed by atoms with Crippen LogP contribution in [0.4, 0.5) is 11.4 Å². The summed E-state index contributed by atoms with van der Waals surface area (Å²) in [7, 11) is -2.14. The van der Waals surface area contributed by atoms with Crippen molar-refractivity contribution in [2.24, 2.45) is 5.92 Å². The largest absolute Gasteiger partial charge is 0.326 e. The minimum Gasteiger partial charge on any atom is -0.326 e. The number of nitrogens with zero attached hydrogens (tertiary/aromatic N) is 2. The summed E-state index contributed by atoms with van der Waals surface area (Å²) in [6, 6.07) is 23.0. The highest BCUT2D eigenvalue weighted by Crippen LogP contribution is 2.28. The number of aryl methyl sites for hydroxylation is 1. The third-order valence-electron chi connectivity index (χ3n) is 5.98. The van der Waals surface area contributed by atoms with Crippen LogP contribution < -0.4 is 10.2 Å². The van der Waals surface area contributed by atoms with Crippen LogP contribution in [0.5, 0.6) is 0 Å². The summed E-state index contributed by atoms with van der Waals surface area (Å²) >= 11 is 0. The molecule has 34 heavy (non-hydrogen) atoms. The van der Waals surface area contributed by atoms with E-state index in [9.17, 15) is 18.0 Å². The second-order valence-corrected chi connectivity index (χ2v) is 10.5. The van der Waals surface area contributed by atoms with Crippen molar-refractivity contribution in [2.75, 3.05) is 23.8 Å². The van der Waals surface area contributed by atoms with Gasteiger partial charge in [0, 0.05) is 37.9 Å². The van der Waals surface area contributed by atoms with Gasteiger partial charge in [-0.3, -0.25) is 9.59 Å². The standard InChI is InChI=1S/C26H27N3O4S/c1-19-8-6-7-11-24(19)29-18-21(16-25(29)30)26(31)27-22-12-14-23(15-13-22)34(32,33)28(2)17-20-9-4-3-5-10-20/h3-15,21H,16-18H2,1-2H3,(H,27,31)/t21-/m0/s1. The minimum absolute atomic E-state index is 0.0858. The van der Waals surface area contributed by atoms with Crippen molar-refractivity contribution in [3.8, 4) is 0 Å². The Labute approximate surface area is 200 Å². The maximum Gasteiger partial charge on any atom is 0.243 e. The van der Waals surface area contributed by atoms with Crippen LogP contribution in [0.3, 0.4) is 0 Å². The lowest BCUT2D eigenvalue weighted by Gasteiger charge is -2.19. The zero-order chi connectivity index (χ0) is 24.3. The molecular weight excluding hydrogens is 450 g/mol. The zero-order valence-electron chi connectivity index (χ0n) is 19.1. The molecule has 2 amide bonds. The lowest BCUT2D eigenvalue weighted by molar-refractivity contribution is -0.122. The number of hydrogen-bond acceptors (Lipinski definition) is 4. The molecule has 0 aliphatic carbocycles. The van der Waals surface area contributed by atoms with Gasteiger partial charge >= 0.3 is 0 Å². The molecule has 0 unspecified atom stereocenters. The molecule has 0 spiro atoms. The molecule has 1 fully saturated rings. The summed E-state index contributed by atoms with van der Waals surface area (Å²) in [6.07, 6.45) is 0.136. The van der Waals surface area contributed by atoms with Gasteiger partial charge in [0.1, 0.15) is 0 Å². The SMILES string of the molecule is Cc1ccccc1N1C[C@@H](C(=O)Nc2ccc(S(=O)(=O)N(C)Cc3ccccc3)cc2)CC1=O. The molecule has 3 aromatic carbocycles. The van der Waals surface area contributed by atoms with Crippen molar-refractivity contribution in [1.29, 1.82) is 0 Å². The summed E-state index contributed by atoms with van der Waals surface area (Å²) in [5.41, 5.74) is 3.17. The van der Waals surface area contributed by atoms with Gasteiger partial charge in [-0.25, -0.2) is 8.42 Å². The van der Waals surface area contributed by atoms with Gasteiger partial charge in [0.25, 0.3) is 0 Å². The fraction of sp³-hybridized carbons (Fsp3) is 0.231. The number of para-hydroxylation sites is 1. The molecule has 0 radical (unpaired) electrons. The molecule has 4 rings (SSSR count). The Hall–Kier alpha value is -3.49. The molecule has 0 aromatic heterocycles. The van der Waals surface area contributed by atoms with Gasteiger partial charge in [-0.05, 0) is 48.4 Å². The number of benzene rings is 3. The number of sulfonamides is 1. The van der Waals surface area contributed by atoms with Crippen molar-refractivity contribution in [3.63, 3.8) is 0 Å². The molecule has 3 aromatic rings. The van der Waals surface area contributed by atoms with E-state index in [1.165, 1.54) is 23.5 Å². The first-order valence-corrected chi connectivity index (χ1v) is 12.5. The van der Waals surface area contributed by atoms with Crippen LogP contribution in [-0.4, -0.2) is 38.1 Å². The van der Waals surface area contributed by atoms with Crippen molar-refractivity contribution in [3.05, 3.63) is 90.0 Å². The van der Waals surface area contributed by atoms with E-state index in [4.69, 9.17) is 0 Å². The van der Waals surface area contributed by atoms with Crippen LogP contribution in [0, 0.1) is 12.8 Å². The average molecular weight is 478 g/mol. The number of nitrogens with one attached hydrogen (secondary N) is 1. The predicted molar refractivity (Wildman–Crippen MR) is 132 cm³/mol. The van der Waals surface area contributed by atoms with Crippen molar-refractivity contribution in [1.82, 2.24) is 4.31 Å². The lowest BCUT2D eigenvalue weighted by Crippen LogP contribution is -2.28. The highest BCUT2D eigenvalue weighted by molar-refractivity contribution is 7.89. The van der Waals surface area contributed by atoms with Crippen molar-refractivity contribution >= 4 is 33.2 Å². The fourth-order valence-corrected chi connectivity index (χ4v) is 5.20. The molecule has 1 saturated heterocycles. The molecule has 0 saturated carbocycles. The van der Waals surface area contributed by atoms with Gasteiger partial charge in [0.05, 0.1) is 10.8 Å². The van der Waals surface area contributed by atoms with Gasteiger partial charge in [-0.2, -0.15) is 4.31 Å². The maximum atomic E-state index is 12.9. The first kappa shape index (κ1) is 23.7. The Bertz CT molecular complexity index is 1290. The Balaban J connectivity index is 1.40. The van der Waals surface area contributed by atoms with E-state index in [2.05, 4.69) is 5.32 Å². The molecule has 176 valence electrons. The van der Waals surface area contributed by atoms with Crippen LogP contribution in [0.25, 0.3) is 0 Å². The van der Waals surface area contributed by atoms with E-state index in [-0.39, 0.29) is 29.7 Å². The molecule has 1 atom stereocenters. The number of anilines is 2. The number of carbonyl (C=O) groups is 2. The van der Waals surface area contributed by atoms with Crippen LogP contribution in [-0.2, 0) is 26.2 Å². The molecule has 0 bridgehead atoms. The second-order valence-electron chi connectivity index (χ2n) is 8.45. The van der Waals surface area contributed by atoms with Crippen LogP contribution in [0.1, 0.15) is 17.5 Å². The third-order valence-corrected chi connectivity index (χ3v) is 7.80. The predicted octanol–water partition coefficient (Wildman–Crippen LogP) is 3.81. The number of rotatable bonds is 7. The summed E-state index contributed by atoms with van der Waals surface area (Å²) in [4.78, 5) is 27.1. The normalized spacial score (nSPS) is 16.1. The van der Waals surface area contributed by atoms with Crippen molar-refractivity contribution < 1.29 is 18.0 Å². The van der Waals surface area contributed by atoms with Crippen LogP contribution >= 0.6 is 0 Å². The molecular formula is C26H27N3O4S. The highest BCUT2D eigenvalue weighted by atomic mass is 32.2. The van der Waals surface area contributed by atoms with E-state index in [1.807, 2.05) is 61.5 Å². The smallest absolute Gasteiger partial charge is 0.243 e. The summed E-state index contributed by atoms with van der Waals surface area (Å²) in [5.74, 6) is -0.828. The van der Waals surface area contributed by atoms with E-state index >= 15 is 0 Å². The number of carbonyl (C=O) groups excluding carboxylic acids is 2. The summed E-state index contributed by atoms with van der Waals surface area (Å²) in [5, 5.41) is 2.81. The first-order chi connectivity index (χ1) is 16.3. The summed E-state index contributed by atoms with van der Waals surface area (Å²) < 4.78 is 27.1. The van der Waals surface area contributed by atoms with Gasteiger partial charge in [-0.1, -0.05) is 48.5 Å². The Kier molecular flexibility index (Phi) is 6.81. The number of amides is 2. The quantitative estimate of drug-likeness (QED) is 0.561. The Morgan fingerprint density at radius 2 is 1.65 bits per heavy atom. The van der Waals surface area contributed by atoms with Crippen LogP contribution in [0.2, 0.25) is 0 Å². The third kappa shape index (κ3) is 5.03. The van der Waals surface area contributed by atoms with E-state index in [0.717, 1.165) is 16.8 Å². The van der Waals surface area contributed by atoms with Gasteiger partial charge < -0.3 is 10.2 Å². The second kappa shape index (κ2) is 9.79. The fourth-order valence-electron chi connectivity index (χ4n) is 4.04. The topological polar surface area (TPSA) is 86.8 Å². The van der Waals surface area contributed by atoms with Gasteiger partial charge in [0.15, 0.2) is 0 Å². The Morgan fingerprint density at radius 1 is 1.00 bits per heavy atom. The molecule has 7 nitrogen and oxygen atoms in total. The molecule has 1 aliphatic rings. The van der Waals surface area contributed by atoms with E-state index in [0.29, 0.717) is 12.2 Å². The van der Waals surface area contributed by atoms with Gasteiger partial charge in [0.2, 0.25) is 21.8 Å². The minimum atomic E-state index is -3.68. The maximum absolute atomic E-state index is 12.9. The van der Waals surface area contributed by atoms with Crippen LogP contribution in [0.15, 0.2) is 83.8 Å². The molecule has 8 heteroatoms. The van der Waals surface area contributed by atoms with Crippen molar-refractivity contribution in [2.45, 2.75) is 24.8 Å². The first-order valence-electron chi connectivity index (χ1n) is 11.0. The monoisotopic (exact) mass is 477 g/mol. The Morgan fingerprint density at radius 3 is 2.32 bits per heavy atom. The van der Waals surface area contributed by atoms with E-state index in [1.54, 1.807) is 17.0 Å².